The molecule has 7 nitrogen and oxygen atoms in total. The van der Waals surface area contributed by atoms with E-state index in [1.165, 1.54) is 24.0 Å². The fraction of sp³-hybridized carbons (Fsp3) is 0.176. The first-order chi connectivity index (χ1) is 12.1. The van der Waals surface area contributed by atoms with Crippen LogP contribution in [-0.2, 0) is 0 Å². The number of hydrogen-bond donors (Lipinski definition) is 2. The van der Waals surface area contributed by atoms with Gasteiger partial charge in [0.2, 0.25) is 11.6 Å². The fourth-order valence-corrected chi connectivity index (χ4v) is 3.16. The smallest absolute Gasteiger partial charge is 0.410 e. The van der Waals surface area contributed by atoms with Gasteiger partial charge in [-0.05, 0) is 24.3 Å². The molecule has 25 heavy (non-hydrogen) atoms. The maximum Gasteiger partial charge on any atom is 0.412 e. The number of rotatable bonds is 6. The van der Waals surface area contributed by atoms with Gasteiger partial charge in [0.15, 0.2) is 0 Å². The molecule has 2 aromatic rings. The van der Waals surface area contributed by atoms with E-state index in [1.807, 2.05) is 6.07 Å². The number of para-hydroxylation sites is 1. The molecule has 1 aromatic heterocycles. The van der Waals surface area contributed by atoms with Crippen molar-refractivity contribution in [3.05, 3.63) is 58.8 Å². The minimum absolute atomic E-state index is 0.204. The molecule has 3 rings (SSSR count). The highest BCUT2D eigenvalue weighted by molar-refractivity contribution is 8.04. The number of allylic oxidation sites excluding steroid dienone is 2. The van der Waals surface area contributed by atoms with Crippen LogP contribution in [0.25, 0.3) is 0 Å². The van der Waals surface area contributed by atoms with Crippen molar-refractivity contribution in [1.82, 2.24) is 15.5 Å². The quantitative estimate of drug-likeness (QED) is 0.771. The summed E-state index contributed by atoms with van der Waals surface area (Å²) < 4.78 is 5.09. The van der Waals surface area contributed by atoms with Gasteiger partial charge in [0.1, 0.15) is 11.4 Å². The van der Waals surface area contributed by atoms with Crippen molar-refractivity contribution in [2.45, 2.75) is 6.42 Å². The van der Waals surface area contributed by atoms with E-state index in [0.29, 0.717) is 34.9 Å². The van der Waals surface area contributed by atoms with Gasteiger partial charge >= 0.3 is 6.09 Å². The topological polar surface area (TPSA) is 101 Å². The second-order valence-corrected chi connectivity index (χ2v) is 6.33. The first-order valence-electron chi connectivity index (χ1n) is 7.63. The van der Waals surface area contributed by atoms with Crippen molar-refractivity contribution in [2.75, 3.05) is 12.3 Å². The summed E-state index contributed by atoms with van der Waals surface area (Å²) in [6.45, 7) is 0.408. The maximum absolute atomic E-state index is 12.2. The molecule has 0 saturated carbocycles. The number of benzene rings is 1. The van der Waals surface area contributed by atoms with Crippen molar-refractivity contribution in [2.24, 2.45) is 0 Å². The number of nitrogens with zero attached hydrogens (tertiary/aromatic N) is 1. The number of Topliss-reactive ketones (excluding diaryl/α,β-unsaturated/α-hetero) is 1. The molecule has 1 aliphatic carbocycles. The number of hydrogen-bond acceptors (Lipinski definition) is 6. The largest absolute Gasteiger partial charge is 0.412 e. The summed E-state index contributed by atoms with van der Waals surface area (Å²) in [5.41, 5.74) is 0.541. The van der Waals surface area contributed by atoms with Crippen molar-refractivity contribution < 1.29 is 19.1 Å². The van der Waals surface area contributed by atoms with Gasteiger partial charge in [-0.15, -0.1) is 11.8 Å². The predicted molar refractivity (Wildman–Crippen MR) is 92.9 cm³/mol. The molecule has 1 aliphatic rings. The van der Waals surface area contributed by atoms with Crippen LogP contribution in [0.5, 0.6) is 5.75 Å². The van der Waals surface area contributed by atoms with E-state index in [0.717, 1.165) is 0 Å². The molecule has 0 radical (unpaired) electrons. The van der Waals surface area contributed by atoms with E-state index in [4.69, 9.17) is 4.74 Å². The highest BCUT2D eigenvalue weighted by Gasteiger charge is 2.27. The minimum atomic E-state index is -0.526. The zero-order valence-corrected chi connectivity index (χ0v) is 14.0. The zero-order chi connectivity index (χ0) is 17.6. The third kappa shape index (κ3) is 4.16. The van der Waals surface area contributed by atoms with Gasteiger partial charge in [-0.1, -0.05) is 18.2 Å². The number of nitrogens with one attached hydrogen (secondary N) is 2. The summed E-state index contributed by atoms with van der Waals surface area (Å²) in [6.07, 6.45) is 2.79. The van der Waals surface area contributed by atoms with Crippen molar-refractivity contribution in [3.8, 4) is 5.75 Å². The standard InChI is InChI=1S/C17H15N3O4S/c21-13-9-14(16(22)12-10-19-20-15(12)13)25-8-4-7-18-17(23)24-11-5-2-1-3-6-11/h1-3,5-6,9-10H,4,7-8H2,(H,18,23)(H,19,20). The van der Waals surface area contributed by atoms with Gasteiger partial charge in [-0.3, -0.25) is 14.7 Å². The molecule has 8 heteroatoms. The van der Waals surface area contributed by atoms with Crippen molar-refractivity contribution in [1.29, 1.82) is 0 Å². The molecule has 2 N–H and O–H groups in total. The number of H-pyrrole nitrogens is 1. The summed E-state index contributed by atoms with van der Waals surface area (Å²) in [7, 11) is 0. The molecule has 0 saturated heterocycles. The van der Waals surface area contributed by atoms with Crippen LogP contribution >= 0.6 is 11.8 Å². The second-order valence-electron chi connectivity index (χ2n) is 5.19. The number of fused-ring (bicyclic) bond motifs is 1. The lowest BCUT2D eigenvalue weighted by Gasteiger charge is -2.10. The molecule has 1 aromatic carbocycles. The lowest BCUT2D eigenvalue weighted by molar-refractivity contribution is 0.0989. The summed E-state index contributed by atoms with van der Waals surface area (Å²) in [5, 5.41) is 8.90. The van der Waals surface area contributed by atoms with Gasteiger partial charge < -0.3 is 10.1 Å². The third-order valence-electron chi connectivity index (χ3n) is 3.42. The Morgan fingerprint density at radius 1 is 1.24 bits per heavy atom. The van der Waals surface area contributed by atoms with Crippen LogP contribution in [0.1, 0.15) is 27.3 Å². The van der Waals surface area contributed by atoms with Crippen LogP contribution in [0.15, 0.2) is 47.5 Å². The molecule has 0 spiro atoms. The van der Waals surface area contributed by atoms with E-state index in [2.05, 4.69) is 15.5 Å². The molecule has 1 amide bonds. The Morgan fingerprint density at radius 3 is 2.84 bits per heavy atom. The number of thioether (sulfide) groups is 1. The van der Waals surface area contributed by atoms with Gasteiger partial charge in [-0.2, -0.15) is 5.10 Å². The first-order valence-corrected chi connectivity index (χ1v) is 8.61. The minimum Gasteiger partial charge on any atom is -0.410 e. The normalized spacial score (nSPS) is 13.2. The molecule has 1 heterocycles. The Kier molecular flexibility index (Phi) is 5.30. The second kappa shape index (κ2) is 7.80. The van der Waals surface area contributed by atoms with Crippen LogP contribution < -0.4 is 10.1 Å². The SMILES string of the molecule is O=C(NCCCSC1=CC(=O)c2[nH]ncc2C1=O)Oc1ccccc1. The van der Waals surface area contributed by atoms with Crippen LogP contribution in [0.2, 0.25) is 0 Å². The molecule has 0 fully saturated rings. The molecule has 0 bridgehead atoms. The number of aromatic nitrogens is 2. The Labute approximate surface area is 147 Å². The van der Waals surface area contributed by atoms with E-state index < -0.39 is 6.09 Å². The Morgan fingerprint density at radius 2 is 2.04 bits per heavy atom. The van der Waals surface area contributed by atoms with Gasteiger partial charge in [0.05, 0.1) is 16.7 Å². The number of amides is 1. The van der Waals surface area contributed by atoms with E-state index in [1.54, 1.807) is 24.3 Å². The lowest BCUT2D eigenvalue weighted by atomic mass is 10.0. The average molecular weight is 357 g/mol. The molecule has 0 unspecified atom stereocenters. The Hall–Kier alpha value is -2.87. The van der Waals surface area contributed by atoms with E-state index >= 15 is 0 Å². The van der Waals surface area contributed by atoms with Gasteiger partial charge in [0.25, 0.3) is 0 Å². The number of aromatic amines is 1. The predicted octanol–water partition coefficient (Wildman–Crippen LogP) is 2.58. The maximum atomic E-state index is 12.2. The van der Waals surface area contributed by atoms with E-state index in [-0.39, 0.29) is 17.3 Å². The summed E-state index contributed by atoms with van der Waals surface area (Å²) in [6, 6.07) is 8.78. The fourth-order valence-electron chi connectivity index (χ4n) is 2.22. The van der Waals surface area contributed by atoms with Crippen molar-refractivity contribution in [3.63, 3.8) is 0 Å². The number of ketones is 2. The average Bonchev–Trinajstić information content (AvgIpc) is 3.10. The van der Waals surface area contributed by atoms with E-state index in [9.17, 15) is 14.4 Å². The molecule has 0 atom stereocenters. The van der Waals surface area contributed by atoms with Crippen LogP contribution in [0.3, 0.4) is 0 Å². The van der Waals surface area contributed by atoms with Gasteiger partial charge in [-0.25, -0.2) is 4.79 Å². The first kappa shape index (κ1) is 17.0. The molecular formula is C17H15N3O4S. The van der Waals surface area contributed by atoms with Gasteiger partial charge in [0, 0.05) is 12.6 Å². The Bertz CT molecular complexity index is 829. The molecule has 0 aliphatic heterocycles. The monoisotopic (exact) mass is 357 g/mol. The Balaban J connectivity index is 1.40. The number of carbonyl (C=O) groups excluding carboxylic acids is 3. The highest BCUT2D eigenvalue weighted by Crippen LogP contribution is 2.27. The highest BCUT2D eigenvalue weighted by atomic mass is 32.2. The van der Waals surface area contributed by atoms with Crippen LogP contribution in [-0.4, -0.2) is 40.2 Å². The van der Waals surface area contributed by atoms with Crippen LogP contribution in [0.4, 0.5) is 4.79 Å². The van der Waals surface area contributed by atoms with Crippen molar-refractivity contribution >= 4 is 29.4 Å². The zero-order valence-electron chi connectivity index (χ0n) is 13.2. The number of carbonyl (C=O) groups is 3. The third-order valence-corrected chi connectivity index (χ3v) is 4.53. The number of ether oxygens (including phenoxy) is 1. The molecular weight excluding hydrogens is 342 g/mol. The van der Waals surface area contributed by atoms with Crippen LogP contribution in [0, 0.1) is 0 Å². The summed E-state index contributed by atoms with van der Waals surface area (Å²) >= 11 is 1.29. The summed E-state index contributed by atoms with van der Waals surface area (Å²) in [5.74, 6) is 0.606. The lowest BCUT2D eigenvalue weighted by Crippen LogP contribution is -2.28. The summed E-state index contributed by atoms with van der Waals surface area (Å²) in [4.78, 5) is 36.1. The molecule has 128 valence electrons.